The zero-order chi connectivity index (χ0) is 15.6. The van der Waals surface area contributed by atoms with Gasteiger partial charge in [-0.15, -0.1) is 0 Å². The fourth-order valence-corrected chi connectivity index (χ4v) is 2.31. The summed E-state index contributed by atoms with van der Waals surface area (Å²) in [6, 6.07) is 5.13. The van der Waals surface area contributed by atoms with Gasteiger partial charge in [-0.05, 0) is 37.1 Å². The molecule has 0 saturated heterocycles. The molecule has 1 aliphatic heterocycles. The molecule has 6 nitrogen and oxygen atoms in total. The number of hydrogen-bond donors (Lipinski definition) is 2. The van der Waals surface area contributed by atoms with Gasteiger partial charge in [-0.2, -0.15) is 0 Å². The average Bonchev–Trinajstić information content (AvgIpc) is 2.81. The molecule has 0 atom stereocenters. The molecule has 0 aliphatic carbocycles. The molecule has 2 amide bonds. The van der Waals surface area contributed by atoms with Crippen molar-refractivity contribution >= 4 is 11.7 Å². The Balaban J connectivity index is 0.000000774. The highest BCUT2D eigenvalue weighted by molar-refractivity contribution is 5.92. The number of aryl methyl sites for hydroxylation is 2. The van der Waals surface area contributed by atoms with Crippen LogP contribution < -0.4 is 5.32 Å². The van der Waals surface area contributed by atoms with E-state index in [1.54, 1.807) is 0 Å². The van der Waals surface area contributed by atoms with Crippen LogP contribution in [0.25, 0.3) is 11.1 Å². The molecule has 2 N–H and O–H groups in total. The van der Waals surface area contributed by atoms with E-state index in [4.69, 9.17) is 4.52 Å². The first-order chi connectivity index (χ1) is 10.1. The molecule has 2 aromatic rings. The van der Waals surface area contributed by atoms with Gasteiger partial charge in [-0.25, -0.2) is 9.86 Å². The van der Waals surface area contributed by atoms with Crippen molar-refractivity contribution in [2.75, 3.05) is 5.32 Å². The lowest BCUT2D eigenvalue weighted by atomic mass is 10.00. The molecule has 0 spiro atoms. The van der Waals surface area contributed by atoms with Crippen molar-refractivity contribution in [1.82, 2.24) is 10.2 Å². The predicted molar refractivity (Wildman–Crippen MR) is 79.1 cm³/mol. The minimum atomic E-state index is -0.516. The van der Waals surface area contributed by atoms with Crippen LogP contribution in [0.1, 0.15) is 30.9 Å². The third-order valence-electron chi connectivity index (χ3n) is 3.22. The molecule has 1 aromatic heterocycles. The molecular formula is C15H19N3O3. The predicted octanol–water partition coefficient (Wildman–Crippen LogP) is 3.72. The van der Waals surface area contributed by atoms with E-state index in [0.29, 0.717) is 10.8 Å². The van der Waals surface area contributed by atoms with Gasteiger partial charge in [0.05, 0.1) is 12.2 Å². The standard InChI is InChI=1S/C13H13N3O3.C2H6/c1-7-12(8(2)19-15-7)9-3-4-11-10(5-9)6-16(18)13(17)14-11;1-2/h3-5,18H,6H2,1-2H3,(H,14,17);1-2H3. The van der Waals surface area contributed by atoms with Crippen molar-refractivity contribution in [1.29, 1.82) is 0 Å². The Bertz CT molecular complexity index is 645. The second kappa shape index (κ2) is 5.97. The van der Waals surface area contributed by atoms with E-state index in [9.17, 15) is 10.0 Å². The number of fused-ring (bicyclic) bond motifs is 1. The van der Waals surface area contributed by atoms with E-state index in [1.165, 1.54) is 0 Å². The fourth-order valence-electron chi connectivity index (χ4n) is 2.31. The van der Waals surface area contributed by atoms with E-state index in [1.807, 2.05) is 45.9 Å². The van der Waals surface area contributed by atoms with Crippen LogP contribution in [0.4, 0.5) is 10.5 Å². The zero-order valence-corrected chi connectivity index (χ0v) is 12.6. The number of nitrogens with zero attached hydrogens (tertiary/aromatic N) is 2. The van der Waals surface area contributed by atoms with Crippen molar-refractivity contribution in [3.05, 3.63) is 35.2 Å². The van der Waals surface area contributed by atoms with Crippen molar-refractivity contribution in [2.45, 2.75) is 34.2 Å². The van der Waals surface area contributed by atoms with Gasteiger partial charge in [0.1, 0.15) is 5.76 Å². The smallest absolute Gasteiger partial charge is 0.345 e. The Morgan fingerprint density at radius 1 is 1.33 bits per heavy atom. The molecule has 6 heteroatoms. The Morgan fingerprint density at radius 3 is 2.67 bits per heavy atom. The molecular weight excluding hydrogens is 270 g/mol. The average molecular weight is 289 g/mol. The maximum absolute atomic E-state index is 11.3. The van der Waals surface area contributed by atoms with Gasteiger partial charge in [-0.1, -0.05) is 25.1 Å². The number of carbonyl (C=O) groups excluding carboxylic acids is 1. The number of anilines is 1. The topological polar surface area (TPSA) is 78.6 Å². The first-order valence-electron chi connectivity index (χ1n) is 6.90. The molecule has 1 aromatic carbocycles. The zero-order valence-electron chi connectivity index (χ0n) is 12.6. The summed E-state index contributed by atoms with van der Waals surface area (Å²) in [5, 5.41) is 16.6. The minimum absolute atomic E-state index is 0.165. The number of benzene rings is 1. The number of rotatable bonds is 1. The van der Waals surface area contributed by atoms with E-state index < -0.39 is 6.03 Å². The van der Waals surface area contributed by atoms with Gasteiger partial charge in [-0.3, -0.25) is 5.21 Å². The van der Waals surface area contributed by atoms with Gasteiger partial charge in [0, 0.05) is 11.3 Å². The summed E-state index contributed by atoms with van der Waals surface area (Å²) in [7, 11) is 0. The first kappa shape index (κ1) is 15.1. The molecule has 0 fully saturated rings. The van der Waals surface area contributed by atoms with Crippen LogP contribution in [-0.2, 0) is 6.54 Å². The summed E-state index contributed by atoms with van der Waals surface area (Å²) in [4.78, 5) is 11.3. The van der Waals surface area contributed by atoms with Crippen LogP contribution in [0.5, 0.6) is 0 Å². The Morgan fingerprint density at radius 2 is 2.05 bits per heavy atom. The van der Waals surface area contributed by atoms with E-state index >= 15 is 0 Å². The van der Waals surface area contributed by atoms with Gasteiger partial charge in [0.2, 0.25) is 0 Å². The SMILES string of the molecule is CC.Cc1noc(C)c1-c1ccc2c(c1)CN(O)C(=O)N2. The molecule has 0 saturated carbocycles. The Labute approximate surface area is 123 Å². The van der Waals surface area contributed by atoms with Crippen LogP contribution in [0, 0.1) is 13.8 Å². The van der Waals surface area contributed by atoms with Crippen LogP contribution in [-0.4, -0.2) is 21.5 Å². The number of hydrogen-bond acceptors (Lipinski definition) is 4. The molecule has 112 valence electrons. The van der Waals surface area contributed by atoms with Gasteiger partial charge in [0.25, 0.3) is 0 Å². The van der Waals surface area contributed by atoms with Crippen molar-refractivity contribution in [3.8, 4) is 11.1 Å². The summed E-state index contributed by atoms with van der Waals surface area (Å²) in [6.45, 7) is 7.90. The van der Waals surface area contributed by atoms with Gasteiger partial charge >= 0.3 is 6.03 Å². The molecule has 0 unspecified atom stereocenters. The number of urea groups is 1. The van der Waals surface area contributed by atoms with Crippen LogP contribution in [0.3, 0.4) is 0 Å². The maximum atomic E-state index is 11.3. The first-order valence-corrected chi connectivity index (χ1v) is 6.90. The summed E-state index contributed by atoms with van der Waals surface area (Å²) >= 11 is 0. The lowest BCUT2D eigenvalue weighted by Crippen LogP contribution is -2.35. The molecule has 0 bridgehead atoms. The van der Waals surface area contributed by atoms with E-state index in [0.717, 1.165) is 28.1 Å². The summed E-state index contributed by atoms with van der Waals surface area (Å²) in [6.07, 6.45) is 0. The highest BCUT2D eigenvalue weighted by Crippen LogP contribution is 2.31. The Kier molecular flexibility index (Phi) is 4.28. The lowest BCUT2D eigenvalue weighted by molar-refractivity contribution is -0.0469. The molecule has 1 aliphatic rings. The minimum Gasteiger partial charge on any atom is -0.361 e. The number of carbonyl (C=O) groups is 1. The highest BCUT2D eigenvalue weighted by atomic mass is 16.5. The number of amides is 2. The normalized spacial score (nSPS) is 13.2. The maximum Gasteiger partial charge on any atom is 0.345 e. The quantitative estimate of drug-likeness (QED) is 0.784. The number of hydroxylamine groups is 2. The molecule has 21 heavy (non-hydrogen) atoms. The fraction of sp³-hybridized carbons (Fsp3) is 0.333. The van der Waals surface area contributed by atoms with Crippen LogP contribution in [0.2, 0.25) is 0 Å². The van der Waals surface area contributed by atoms with Crippen molar-refractivity contribution in [3.63, 3.8) is 0 Å². The van der Waals surface area contributed by atoms with Crippen molar-refractivity contribution in [2.24, 2.45) is 0 Å². The molecule has 2 heterocycles. The summed E-state index contributed by atoms with van der Waals surface area (Å²) < 4.78 is 5.15. The summed E-state index contributed by atoms with van der Waals surface area (Å²) in [5.74, 6) is 0.748. The lowest BCUT2D eigenvalue weighted by Gasteiger charge is -2.24. The number of aromatic nitrogens is 1. The molecule has 0 radical (unpaired) electrons. The van der Waals surface area contributed by atoms with Crippen molar-refractivity contribution < 1.29 is 14.5 Å². The highest BCUT2D eigenvalue weighted by Gasteiger charge is 2.22. The number of nitrogens with one attached hydrogen (secondary N) is 1. The van der Waals surface area contributed by atoms with E-state index in [-0.39, 0.29) is 6.54 Å². The second-order valence-electron chi connectivity index (χ2n) is 4.56. The second-order valence-corrected chi connectivity index (χ2v) is 4.56. The monoisotopic (exact) mass is 289 g/mol. The van der Waals surface area contributed by atoms with Gasteiger partial charge < -0.3 is 9.84 Å². The summed E-state index contributed by atoms with van der Waals surface area (Å²) in [5.41, 5.74) is 4.28. The third kappa shape index (κ3) is 2.75. The third-order valence-corrected chi connectivity index (χ3v) is 3.22. The van der Waals surface area contributed by atoms with Gasteiger partial charge in [0.15, 0.2) is 0 Å². The van der Waals surface area contributed by atoms with Crippen LogP contribution >= 0.6 is 0 Å². The van der Waals surface area contributed by atoms with Crippen LogP contribution in [0.15, 0.2) is 22.7 Å². The molecule has 3 rings (SSSR count). The van der Waals surface area contributed by atoms with E-state index in [2.05, 4.69) is 10.5 Å². The largest absolute Gasteiger partial charge is 0.361 e. The Hall–Kier alpha value is -2.34.